The van der Waals surface area contributed by atoms with Crippen molar-refractivity contribution in [2.75, 3.05) is 58.3 Å². The van der Waals surface area contributed by atoms with Crippen molar-refractivity contribution in [3.8, 4) is 28.7 Å². The smallest absolute Gasteiger partial charge is 0.271 e. The summed E-state index contributed by atoms with van der Waals surface area (Å²) in [7, 11) is 2.14. The van der Waals surface area contributed by atoms with E-state index in [1.165, 1.54) is 41.0 Å². The molecule has 2 aliphatic heterocycles. The van der Waals surface area contributed by atoms with Gasteiger partial charge in [-0.3, -0.25) is 19.1 Å². The van der Waals surface area contributed by atoms with Crippen molar-refractivity contribution >= 4 is 22.5 Å². The Bertz CT molecular complexity index is 2060. The van der Waals surface area contributed by atoms with Gasteiger partial charge in [-0.1, -0.05) is 0 Å². The summed E-state index contributed by atoms with van der Waals surface area (Å²) >= 11 is 0. The van der Waals surface area contributed by atoms with Crippen molar-refractivity contribution in [3.63, 3.8) is 0 Å². The highest BCUT2D eigenvalue weighted by molar-refractivity contribution is 6.06. The Labute approximate surface area is 281 Å². The molecular weight excluding hydrogens is 632 g/mol. The minimum atomic E-state index is -0.759. The van der Waals surface area contributed by atoms with Gasteiger partial charge in [-0.25, -0.2) is 8.78 Å². The van der Waals surface area contributed by atoms with Crippen molar-refractivity contribution in [3.05, 3.63) is 112 Å². The van der Waals surface area contributed by atoms with Gasteiger partial charge < -0.3 is 29.3 Å². The minimum absolute atomic E-state index is 0.0580. The zero-order valence-corrected chi connectivity index (χ0v) is 27.0. The molecular formula is C37H35F2N5O5. The highest BCUT2D eigenvalue weighted by atomic mass is 19.1. The molecule has 1 fully saturated rings. The third-order valence-corrected chi connectivity index (χ3v) is 8.75. The SMILES string of the molecule is CN1CCN(CCCOc2ccc3c(Oc4ccc(NC(=O)c5c6c(cn(-c7ccc(F)cc7)c5=O)CCO6)cc4F)ccnc3c2)CC1. The average molecular weight is 668 g/mol. The fourth-order valence-corrected chi connectivity index (χ4v) is 6.05. The number of likely N-dealkylation sites (N-methyl/N-ethyl adjacent to an activating group) is 1. The Kier molecular flexibility index (Phi) is 9.23. The van der Waals surface area contributed by atoms with Crippen LogP contribution in [0.25, 0.3) is 16.6 Å². The third-order valence-electron chi connectivity index (χ3n) is 8.75. The predicted octanol–water partition coefficient (Wildman–Crippen LogP) is 5.66. The largest absolute Gasteiger partial charge is 0.493 e. The number of carbonyl (C=O) groups is 1. The lowest BCUT2D eigenvalue weighted by molar-refractivity contribution is 0.102. The number of aromatic nitrogens is 2. The number of anilines is 1. The molecule has 0 radical (unpaired) electrons. The van der Waals surface area contributed by atoms with Crippen molar-refractivity contribution in [1.82, 2.24) is 19.4 Å². The van der Waals surface area contributed by atoms with E-state index in [0.717, 1.165) is 45.2 Å². The number of ether oxygens (including phenoxy) is 3. The zero-order valence-electron chi connectivity index (χ0n) is 27.0. The van der Waals surface area contributed by atoms with Crippen LogP contribution in [0.1, 0.15) is 22.3 Å². The summed E-state index contributed by atoms with van der Waals surface area (Å²) in [5.74, 6) is -0.706. The molecule has 4 heterocycles. The van der Waals surface area contributed by atoms with Gasteiger partial charge in [-0.15, -0.1) is 0 Å². The second kappa shape index (κ2) is 14.0. The molecule has 0 saturated carbocycles. The number of amides is 1. The summed E-state index contributed by atoms with van der Waals surface area (Å²) in [4.78, 5) is 36.1. The molecule has 2 aliphatic rings. The second-order valence-electron chi connectivity index (χ2n) is 12.1. The number of hydrogen-bond donors (Lipinski definition) is 1. The van der Waals surface area contributed by atoms with Crippen LogP contribution in [0, 0.1) is 11.6 Å². The number of benzene rings is 3. The molecule has 49 heavy (non-hydrogen) atoms. The predicted molar refractivity (Wildman–Crippen MR) is 181 cm³/mol. The summed E-state index contributed by atoms with van der Waals surface area (Å²) in [6.45, 7) is 6.20. The quantitative estimate of drug-likeness (QED) is 0.191. The Balaban J connectivity index is 1.03. The van der Waals surface area contributed by atoms with Crippen LogP contribution in [0.4, 0.5) is 14.5 Å². The monoisotopic (exact) mass is 667 g/mol. The fraction of sp³-hybridized carbons (Fsp3) is 0.270. The third kappa shape index (κ3) is 7.10. The van der Waals surface area contributed by atoms with Crippen molar-refractivity contribution in [1.29, 1.82) is 0 Å². The van der Waals surface area contributed by atoms with Gasteiger partial charge in [0.05, 0.1) is 18.7 Å². The molecule has 1 saturated heterocycles. The maximum Gasteiger partial charge on any atom is 0.271 e. The maximum absolute atomic E-state index is 15.4. The van der Waals surface area contributed by atoms with Crippen LogP contribution in [0.2, 0.25) is 0 Å². The van der Waals surface area contributed by atoms with E-state index in [2.05, 4.69) is 27.1 Å². The van der Waals surface area contributed by atoms with E-state index in [1.807, 2.05) is 18.2 Å². The molecule has 0 atom stereocenters. The topological polar surface area (TPSA) is 98.2 Å². The molecule has 2 aromatic heterocycles. The van der Waals surface area contributed by atoms with E-state index in [0.29, 0.717) is 53.3 Å². The van der Waals surface area contributed by atoms with Crippen LogP contribution in [0.5, 0.6) is 23.0 Å². The molecule has 0 aliphatic carbocycles. The van der Waals surface area contributed by atoms with E-state index in [4.69, 9.17) is 14.2 Å². The van der Waals surface area contributed by atoms with Gasteiger partial charge in [0.1, 0.15) is 28.6 Å². The van der Waals surface area contributed by atoms with Crippen LogP contribution in [0.15, 0.2) is 83.9 Å². The molecule has 0 spiro atoms. The maximum atomic E-state index is 15.4. The van der Waals surface area contributed by atoms with E-state index in [9.17, 15) is 14.0 Å². The summed E-state index contributed by atoms with van der Waals surface area (Å²) in [6.07, 6.45) is 4.59. The molecule has 12 heteroatoms. The first kappa shape index (κ1) is 32.2. The van der Waals surface area contributed by atoms with Gasteiger partial charge in [0.25, 0.3) is 11.5 Å². The first-order valence-corrected chi connectivity index (χ1v) is 16.2. The van der Waals surface area contributed by atoms with E-state index in [-0.39, 0.29) is 22.7 Å². The van der Waals surface area contributed by atoms with E-state index in [1.54, 1.807) is 18.5 Å². The number of fused-ring (bicyclic) bond motifs is 2. The number of nitrogens with zero attached hydrogens (tertiary/aromatic N) is 4. The highest BCUT2D eigenvalue weighted by Crippen LogP contribution is 2.34. The van der Waals surface area contributed by atoms with Gasteiger partial charge in [-0.2, -0.15) is 0 Å². The van der Waals surface area contributed by atoms with Crippen LogP contribution in [-0.4, -0.2) is 78.2 Å². The lowest BCUT2D eigenvalue weighted by Gasteiger charge is -2.32. The molecule has 3 aromatic carbocycles. The Hall–Kier alpha value is -5.33. The molecule has 0 bridgehead atoms. The molecule has 10 nitrogen and oxygen atoms in total. The molecule has 7 rings (SSSR count). The van der Waals surface area contributed by atoms with Crippen LogP contribution in [-0.2, 0) is 6.42 Å². The summed E-state index contributed by atoms with van der Waals surface area (Å²) in [5, 5.41) is 3.29. The average Bonchev–Trinajstić information content (AvgIpc) is 3.57. The first-order chi connectivity index (χ1) is 23.8. The Morgan fingerprint density at radius 1 is 0.980 bits per heavy atom. The molecule has 5 aromatic rings. The number of rotatable bonds is 10. The van der Waals surface area contributed by atoms with Crippen LogP contribution in [0.3, 0.4) is 0 Å². The normalized spacial score (nSPS) is 14.8. The zero-order chi connectivity index (χ0) is 33.9. The molecule has 252 valence electrons. The Morgan fingerprint density at radius 3 is 2.59 bits per heavy atom. The lowest BCUT2D eigenvalue weighted by atomic mass is 10.1. The minimum Gasteiger partial charge on any atom is -0.493 e. The van der Waals surface area contributed by atoms with Gasteiger partial charge in [0.2, 0.25) is 0 Å². The van der Waals surface area contributed by atoms with Gasteiger partial charge in [0.15, 0.2) is 11.6 Å². The number of nitrogens with one attached hydrogen (secondary N) is 1. The lowest BCUT2D eigenvalue weighted by Crippen LogP contribution is -2.44. The summed E-state index contributed by atoms with van der Waals surface area (Å²) in [6, 6.07) is 16.5. The summed E-state index contributed by atoms with van der Waals surface area (Å²) < 4.78 is 47.7. The number of piperazine rings is 1. The highest BCUT2D eigenvalue weighted by Gasteiger charge is 2.27. The van der Waals surface area contributed by atoms with Crippen molar-refractivity contribution in [2.45, 2.75) is 12.8 Å². The molecule has 1 amide bonds. The molecule has 1 N–H and O–H groups in total. The van der Waals surface area contributed by atoms with Crippen molar-refractivity contribution < 1.29 is 27.8 Å². The second-order valence-corrected chi connectivity index (χ2v) is 12.1. The fourth-order valence-electron chi connectivity index (χ4n) is 6.05. The van der Waals surface area contributed by atoms with Gasteiger partial charge in [-0.05, 0) is 68.1 Å². The summed E-state index contributed by atoms with van der Waals surface area (Å²) in [5.41, 5.74) is 0.949. The first-order valence-electron chi connectivity index (χ1n) is 16.2. The van der Waals surface area contributed by atoms with E-state index >= 15 is 4.39 Å². The number of pyridine rings is 2. The van der Waals surface area contributed by atoms with Crippen molar-refractivity contribution in [2.24, 2.45) is 0 Å². The van der Waals surface area contributed by atoms with Gasteiger partial charge in [0, 0.05) is 86.0 Å². The molecule has 0 unspecified atom stereocenters. The number of halogens is 2. The van der Waals surface area contributed by atoms with Crippen LogP contribution >= 0.6 is 0 Å². The number of hydrogen-bond acceptors (Lipinski definition) is 8. The standard InChI is InChI=1S/C37H35F2N5O5/c1-42-15-17-43(18-16-42)14-2-19-47-28-8-9-29-31(22-28)40-13-11-32(29)49-33-10-5-26(21-30(33)39)41-36(45)34-35-24(12-20-48-35)23-44(37(34)46)27-6-3-25(38)4-7-27/h3-11,13,21-23H,2,12,14-20H2,1H3,(H,41,45). The Morgan fingerprint density at radius 2 is 1.80 bits per heavy atom. The van der Waals surface area contributed by atoms with Gasteiger partial charge >= 0.3 is 0 Å². The van der Waals surface area contributed by atoms with Crippen LogP contribution < -0.4 is 25.1 Å². The van der Waals surface area contributed by atoms with E-state index < -0.39 is 23.1 Å². The number of carbonyl (C=O) groups excluding carboxylic acids is 1.